The molecule has 0 spiro atoms. The van der Waals surface area contributed by atoms with Crippen LogP contribution in [0.2, 0.25) is 0 Å². The van der Waals surface area contributed by atoms with Gasteiger partial charge in [-0.3, -0.25) is 4.79 Å². The number of nitrogens with zero attached hydrogens (tertiary/aromatic N) is 3. The van der Waals surface area contributed by atoms with Crippen LogP contribution in [0.5, 0.6) is 0 Å². The molecule has 158 valence electrons. The molecular weight excluding hydrogens is 424 g/mol. The van der Waals surface area contributed by atoms with Crippen molar-refractivity contribution in [1.82, 2.24) is 15.3 Å². The van der Waals surface area contributed by atoms with Gasteiger partial charge in [-0.1, -0.05) is 46.2 Å². The van der Waals surface area contributed by atoms with Gasteiger partial charge in [-0.05, 0) is 44.2 Å². The maximum Gasteiger partial charge on any atom is 0.277 e. The van der Waals surface area contributed by atoms with E-state index >= 15 is 0 Å². The highest BCUT2D eigenvalue weighted by Crippen LogP contribution is 2.28. The molecule has 0 aliphatic heterocycles. The lowest BCUT2D eigenvalue weighted by atomic mass is 10.1. The number of nitrogens with one attached hydrogen (secondary N) is 1. The number of hydrogen-bond donors (Lipinski definition) is 1. The molecule has 32 heavy (non-hydrogen) atoms. The number of aromatic nitrogens is 3. The Hall–Kier alpha value is -4.04. The number of hydrogen-bond acceptors (Lipinski definition) is 7. The number of thiophene rings is 1. The number of rotatable bonds is 5. The second kappa shape index (κ2) is 8.24. The smallest absolute Gasteiger partial charge is 0.277 e. The molecular formula is C24H18N4O3S. The summed E-state index contributed by atoms with van der Waals surface area (Å²) in [4.78, 5) is 19.3. The summed E-state index contributed by atoms with van der Waals surface area (Å²) in [6, 6.07) is 20.6. The number of anilines is 1. The van der Waals surface area contributed by atoms with Gasteiger partial charge in [-0.2, -0.15) is 4.98 Å². The molecule has 1 amide bonds. The molecule has 0 saturated heterocycles. The molecule has 5 aromatic rings. The first kappa shape index (κ1) is 19.9. The monoisotopic (exact) mass is 442 g/mol. The summed E-state index contributed by atoms with van der Waals surface area (Å²) in [6.45, 7) is 4.04. The molecule has 0 fully saturated rings. The van der Waals surface area contributed by atoms with Crippen molar-refractivity contribution >= 4 is 22.9 Å². The van der Waals surface area contributed by atoms with Crippen molar-refractivity contribution in [2.24, 2.45) is 0 Å². The quantitative estimate of drug-likeness (QED) is 0.359. The molecule has 0 aliphatic rings. The van der Waals surface area contributed by atoms with Crippen LogP contribution in [-0.4, -0.2) is 21.2 Å². The van der Waals surface area contributed by atoms with Crippen LogP contribution in [0.4, 0.5) is 5.69 Å². The van der Waals surface area contributed by atoms with E-state index in [9.17, 15) is 4.79 Å². The number of carbonyl (C=O) groups excluding carboxylic acids is 1. The van der Waals surface area contributed by atoms with Gasteiger partial charge in [0.05, 0.1) is 4.88 Å². The van der Waals surface area contributed by atoms with Crippen LogP contribution < -0.4 is 5.32 Å². The van der Waals surface area contributed by atoms with Gasteiger partial charge >= 0.3 is 0 Å². The molecule has 0 saturated carbocycles. The van der Waals surface area contributed by atoms with Gasteiger partial charge in [0.1, 0.15) is 0 Å². The third-order valence-corrected chi connectivity index (χ3v) is 5.83. The minimum absolute atomic E-state index is 0.194. The van der Waals surface area contributed by atoms with Crippen molar-refractivity contribution in [2.75, 3.05) is 5.32 Å². The normalized spacial score (nSPS) is 10.9. The van der Waals surface area contributed by atoms with E-state index in [4.69, 9.17) is 9.05 Å². The van der Waals surface area contributed by atoms with E-state index in [1.165, 1.54) is 4.88 Å². The standard InChI is InChI=1S/C24H18N4O3S/c1-14-6-9-16(10-7-14)20-13-19(27-30-20)23(29)25-18-5-3-4-17(12-18)24-26-22(28-31-24)21-11-8-15(2)32-21/h3-13H,1-2H3,(H,25,29). The first-order valence-electron chi connectivity index (χ1n) is 9.91. The molecule has 8 heteroatoms. The first-order chi connectivity index (χ1) is 15.5. The zero-order chi connectivity index (χ0) is 22.1. The van der Waals surface area contributed by atoms with Crippen molar-refractivity contribution in [1.29, 1.82) is 0 Å². The lowest BCUT2D eigenvalue weighted by molar-refractivity contribution is 0.101. The van der Waals surface area contributed by atoms with Crippen LogP contribution in [0.15, 0.2) is 75.8 Å². The van der Waals surface area contributed by atoms with E-state index in [1.54, 1.807) is 29.5 Å². The predicted octanol–water partition coefficient (Wildman–Crippen LogP) is 5.99. The minimum Gasteiger partial charge on any atom is -0.355 e. The van der Waals surface area contributed by atoms with Crippen molar-refractivity contribution in [2.45, 2.75) is 13.8 Å². The Bertz CT molecular complexity index is 1400. The van der Waals surface area contributed by atoms with Crippen molar-refractivity contribution < 1.29 is 13.8 Å². The molecule has 0 atom stereocenters. The second-order valence-electron chi connectivity index (χ2n) is 7.31. The van der Waals surface area contributed by atoms with Gasteiger partial charge in [0.25, 0.3) is 11.8 Å². The topological polar surface area (TPSA) is 94.1 Å². The summed E-state index contributed by atoms with van der Waals surface area (Å²) >= 11 is 1.60. The molecule has 2 aromatic carbocycles. The highest BCUT2D eigenvalue weighted by Gasteiger charge is 2.16. The first-order valence-corrected chi connectivity index (χ1v) is 10.7. The van der Waals surface area contributed by atoms with E-state index < -0.39 is 0 Å². The number of amides is 1. The van der Waals surface area contributed by atoms with E-state index in [2.05, 4.69) is 20.6 Å². The summed E-state index contributed by atoms with van der Waals surface area (Å²) in [5.41, 5.74) is 3.48. The molecule has 5 rings (SSSR count). The maximum atomic E-state index is 12.7. The van der Waals surface area contributed by atoms with E-state index in [-0.39, 0.29) is 11.6 Å². The van der Waals surface area contributed by atoms with Crippen LogP contribution in [-0.2, 0) is 0 Å². The summed E-state index contributed by atoms with van der Waals surface area (Å²) < 4.78 is 10.8. The summed E-state index contributed by atoms with van der Waals surface area (Å²) in [7, 11) is 0. The Kier molecular flexibility index (Phi) is 5.12. The number of benzene rings is 2. The Labute approximate surface area is 187 Å². The highest BCUT2D eigenvalue weighted by molar-refractivity contribution is 7.15. The SMILES string of the molecule is Cc1ccc(-c2cc(C(=O)Nc3cccc(-c4nc(-c5ccc(C)s5)no4)c3)no2)cc1. The van der Waals surface area contributed by atoms with Crippen molar-refractivity contribution in [3.05, 3.63) is 82.9 Å². The van der Waals surface area contributed by atoms with Crippen LogP contribution in [0.3, 0.4) is 0 Å². The minimum atomic E-state index is -0.371. The Morgan fingerprint density at radius 2 is 1.75 bits per heavy atom. The third-order valence-electron chi connectivity index (χ3n) is 4.83. The Morgan fingerprint density at radius 3 is 2.53 bits per heavy atom. The zero-order valence-corrected chi connectivity index (χ0v) is 18.1. The largest absolute Gasteiger partial charge is 0.355 e. The lowest BCUT2D eigenvalue weighted by Gasteiger charge is -2.03. The fourth-order valence-electron chi connectivity index (χ4n) is 3.16. The molecule has 0 aliphatic carbocycles. The van der Waals surface area contributed by atoms with Gasteiger partial charge in [0.15, 0.2) is 11.5 Å². The van der Waals surface area contributed by atoms with Gasteiger partial charge < -0.3 is 14.4 Å². The molecule has 0 radical (unpaired) electrons. The molecule has 3 heterocycles. The van der Waals surface area contributed by atoms with Crippen LogP contribution in [0.1, 0.15) is 20.9 Å². The number of aryl methyl sites for hydroxylation is 2. The molecule has 3 aromatic heterocycles. The summed E-state index contributed by atoms with van der Waals surface area (Å²) in [6.07, 6.45) is 0. The Morgan fingerprint density at radius 1 is 0.906 bits per heavy atom. The van der Waals surface area contributed by atoms with Gasteiger partial charge in [0, 0.05) is 27.8 Å². The van der Waals surface area contributed by atoms with Gasteiger partial charge in [-0.25, -0.2) is 0 Å². The average Bonchev–Trinajstić information content (AvgIpc) is 3.55. The second-order valence-corrected chi connectivity index (χ2v) is 8.60. The van der Waals surface area contributed by atoms with Crippen LogP contribution >= 0.6 is 11.3 Å². The molecule has 1 N–H and O–H groups in total. The van der Waals surface area contributed by atoms with E-state index in [0.29, 0.717) is 28.7 Å². The fourth-order valence-corrected chi connectivity index (χ4v) is 3.95. The van der Waals surface area contributed by atoms with Gasteiger partial charge in [-0.15, -0.1) is 11.3 Å². The van der Waals surface area contributed by atoms with E-state index in [0.717, 1.165) is 16.0 Å². The third kappa shape index (κ3) is 4.08. The number of carbonyl (C=O) groups is 1. The van der Waals surface area contributed by atoms with Gasteiger partial charge in [0.2, 0.25) is 5.82 Å². The molecule has 0 bridgehead atoms. The summed E-state index contributed by atoms with van der Waals surface area (Å²) in [5.74, 6) is 1.08. The average molecular weight is 443 g/mol. The highest BCUT2D eigenvalue weighted by atomic mass is 32.1. The van der Waals surface area contributed by atoms with Crippen molar-refractivity contribution in [3.63, 3.8) is 0 Å². The predicted molar refractivity (Wildman–Crippen MR) is 122 cm³/mol. The molecule has 0 unspecified atom stereocenters. The fraction of sp³-hybridized carbons (Fsp3) is 0.0833. The van der Waals surface area contributed by atoms with Crippen LogP contribution in [0, 0.1) is 13.8 Å². The molecule has 7 nitrogen and oxygen atoms in total. The maximum absolute atomic E-state index is 12.7. The van der Waals surface area contributed by atoms with Crippen molar-refractivity contribution in [3.8, 4) is 33.5 Å². The lowest BCUT2D eigenvalue weighted by Crippen LogP contribution is -2.12. The van der Waals surface area contributed by atoms with Crippen LogP contribution in [0.25, 0.3) is 33.5 Å². The zero-order valence-electron chi connectivity index (χ0n) is 17.3. The Balaban J connectivity index is 1.33. The summed E-state index contributed by atoms with van der Waals surface area (Å²) in [5, 5.41) is 10.8. The van der Waals surface area contributed by atoms with E-state index in [1.807, 2.05) is 62.4 Å².